The number of benzene rings is 2. The minimum atomic E-state index is -3.74. The first-order chi connectivity index (χ1) is 13.2. The molecule has 0 saturated carbocycles. The standard InChI is InChI=1S/C18H20N2O6S2/c1-4-9-28(23,24)26-19-18-12(3)25-16-8-6-14-10-13(11(2)20-27(21)22)5-7-15(14)17(16)18/h5-8,10-12H,4,9H2,1-3H3/b19-18+. The highest BCUT2D eigenvalue weighted by Gasteiger charge is 2.30. The molecule has 1 heterocycles. The van der Waals surface area contributed by atoms with Gasteiger partial charge in [0.2, 0.25) is 0 Å². The van der Waals surface area contributed by atoms with Crippen LogP contribution in [-0.2, 0) is 24.9 Å². The first-order valence-electron chi connectivity index (χ1n) is 8.75. The van der Waals surface area contributed by atoms with Crippen LogP contribution in [0.4, 0.5) is 0 Å². The lowest BCUT2D eigenvalue weighted by atomic mass is 9.96. The van der Waals surface area contributed by atoms with Crippen LogP contribution >= 0.6 is 0 Å². The summed E-state index contributed by atoms with van der Waals surface area (Å²) in [5, 5.41) is 5.52. The SMILES string of the molecule is CCCS(=O)(=O)O/N=C1/c2c(ccc3cc(C(C)N=S(=O)=O)ccc23)OC1C. The highest BCUT2D eigenvalue weighted by atomic mass is 32.2. The Balaban J connectivity index is 2.07. The fraction of sp³-hybridized carbons (Fsp3) is 0.389. The van der Waals surface area contributed by atoms with Crippen LogP contribution in [0.5, 0.6) is 5.75 Å². The van der Waals surface area contributed by atoms with Gasteiger partial charge in [-0.3, -0.25) is 4.28 Å². The summed E-state index contributed by atoms with van der Waals surface area (Å²) in [6.07, 6.45) is -0.0345. The van der Waals surface area contributed by atoms with E-state index in [1.165, 1.54) is 0 Å². The van der Waals surface area contributed by atoms with Crippen LogP contribution in [0.2, 0.25) is 0 Å². The van der Waals surface area contributed by atoms with E-state index < -0.39 is 32.8 Å². The third kappa shape index (κ3) is 4.17. The van der Waals surface area contributed by atoms with E-state index in [0.29, 0.717) is 23.4 Å². The summed E-state index contributed by atoms with van der Waals surface area (Å²) in [5.41, 5.74) is 1.80. The van der Waals surface area contributed by atoms with Crippen molar-refractivity contribution in [2.45, 2.75) is 39.3 Å². The fourth-order valence-electron chi connectivity index (χ4n) is 3.09. The molecule has 1 aliphatic rings. The molecule has 0 saturated heterocycles. The van der Waals surface area contributed by atoms with E-state index in [2.05, 4.69) is 9.52 Å². The third-order valence-corrected chi connectivity index (χ3v) is 6.08. The molecule has 0 radical (unpaired) electrons. The summed E-state index contributed by atoms with van der Waals surface area (Å²) < 4.78 is 59.5. The van der Waals surface area contributed by atoms with Gasteiger partial charge < -0.3 is 4.74 Å². The molecule has 0 fully saturated rings. The van der Waals surface area contributed by atoms with Gasteiger partial charge >= 0.3 is 20.6 Å². The molecule has 0 N–H and O–H groups in total. The molecule has 2 atom stereocenters. The molecule has 3 rings (SSSR count). The van der Waals surface area contributed by atoms with E-state index in [1.807, 2.05) is 18.2 Å². The Morgan fingerprint density at radius 3 is 2.68 bits per heavy atom. The van der Waals surface area contributed by atoms with Gasteiger partial charge in [0.15, 0.2) is 0 Å². The lowest BCUT2D eigenvalue weighted by Crippen LogP contribution is -2.18. The van der Waals surface area contributed by atoms with Crippen molar-refractivity contribution < 1.29 is 25.9 Å². The predicted octanol–water partition coefficient (Wildman–Crippen LogP) is 3.20. The van der Waals surface area contributed by atoms with Crippen LogP contribution < -0.4 is 4.74 Å². The van der Waals surface area contributed by atoms with Crippen LogP contribution in [0.15, 0.2) is 39.9 Å². The molecule has 0 aliphatic carbocycles. The number of oxime groups is 1. The second-order valence-electron chi connectivity index (χ2n) is 6.49. The Labute approximate surface area is 165 Å². The van der Waals surface area contributed by atoms with Crippen LogP contribution in [0, 0.1) is 0 Å². The van der Waals surface area contributed by atoms with Crippen LogP contribution in [-0.4, -0.2) is 34.4 Å². The van der Waals surface area contributed by atoms with Crippen molar-refractivity contribution in [3.05, 3.63) is 41.5 Å². The molecular weight excluding hydrogens is 404 g/mol. The van der Waals surface area contributed by atoms with Crippen molar-refractivity contribution in [1.82, 2.24) is 0 Å². The van der Waals surface area contributed by atoms with E-state index in [1.54, 1.807) is 32.9 Å². The second kappa shape index (κ2) is 7.88. The first-order valence-corrected chi connectivity index (χ1v) is 11.4. The number of fused-ring (bicyclic) bond motifs is 3. The van der Waals surface area contributed by atoms with Crippen molar-refractivity contribution in [2.75, 3.05) is 5.75 Å². The monoisotopic (exact) mass is 424 g/mol. The van der Waals surface area contributed by atoms with Gasteiger partial charge in [0.1, 0.15) is 17.6 Å². The van der Waals surface area contributed by atoms with Crippen molar-refractivity contribution in [1.29, 1.82) is 0 Å². The molecule has 1 aliphatic heterocycles. The maximum Gasteiger partial charge on any atom is 0.328 e. The topological polar surface area (TPSA) is 111 Å². The zero-order chi connectivity index (χ0) is 20.5. The number of hydrogen-bond acceptors (Lipinski definition) is 8. The second-order valence-corrected chi connectivity index (χ2v) is 8.81. The zero-order valence-corrected chi connectivity index (χ0v) is 17.2. The molecular formula is C18H20N2O6S2. The lowest BCUT2D eigenvalue weighted by molar-refractivity contribution is 0.291. The van der Waals surface area contributed by atoms with Crippen LogP contribution in [0.3, 0.4) is 0 Å². The summed E-state index contributed by atoms with van der Waals surface area (Å²) in [6.45, 7) is 5.19. The largest absolute Gasteiger partial charge is 0.484 e. The van der Waals surface area contributed by atoms with Gasteiger partial charge in [-0.2, -0.15) is 21.2 Å². The van der Waals surface area contributed by atoms with E-state index >= 15 is 0 Å². The smallest absolute Gasteiger partial charge is 0.328 e. The number of hydrogen-bond donors (Lipinski definition) is 0. The average Bonchev–Trinajstić information content (AvgIpc) is 2.94. The first kappa shape index (κ1) is 20.3. The number of rotatable bonds is 6. The normalized spacial score (nSPS) is 18.5. The zero-order valence-electron chi connectivity index (χ0n) is 15.6. The Hall–Kier alpha value is -2.46. The Morgan fingerprint density at radius 2 is 2.00 bits per heavy atom. The molecule has 2 unspecified atom stereocenters. The van der Waals surface area contributed by atoms with Crippen LogP contribution in [0.25, 0.3) is 10.8 Å². The Kier molecular flexibility index (Phi) is 5.71. The van der Waals surface area contributed by atoms with Crippen molar-refractivity contribution in [3.63, 3.8) is 0 Å². The fourth-order valence-corrected chi connectivity index (χ4v) is 4.24. The number of ether oxygens (including phenoxy) is 1. The van der Waals surface area contributed by atoms with Crippen molar-refractivity contribution >= 4 is 37.1 Å². The summed E-state index contributed by atoms with van der Waals surface area (Å²) in [5.74, 6) is 0.467. The van der Waals surface area contributed by atoms with Crippen molar-refractivity contribution in [3.8, 4) is 5.75 Å². The number of nitrogens with zero attached hydrogens (tertiary/aromatic N) is 2. The maximum absolute atomic E-state index is 11.8. The summed E-state index contributed by atoms with van der Waals surface area (Å²) in [4.78, 5) is 0. The molecule has 2 aromatic carbocycles. The van der Waals surface area contributed by atoms with Gasteiger partial charge in [-0.1, -0.05) is 30.3 Å². The molecule has 28 heavy (non-hydrogen) atoms. The minimum Gasteiger partial charge on any atom is -0.484 e. The predicted molar refractivity (Wildman–Crippen MR) is 106 cm³/mol. The highest BCUT2D eigenvalue weighted by Crippen LogP contribution is 2.36. The quantitative estimate of drug-likeness (QED) is 0.658. The molecule has 0 aromatic heterocycles. The van der Waals surface area contributed by atoms with Gasteiger partial charge in [0.05, 0.1) is 17.4 Å². The maximum atomic E-state index is 11.8. The van der Waals surface area contributed by atoms with Gasteiger partial charge in [0, 0.05) is 0 Å². The molecule has 8 nitrogen and oxygen atoms in total. The van der Waals surface area contributed by atoms with Gasteiger partial charge in [-0.05, 0) is 48.7 Å². The molecule has 0 spiro atoms. The van der Waals surface area contributed by atoms with E-state index in [9.17, 15) is 16.8 Å². The van der Waals surface area contributed by atoms with Crippen molar-refractivity contribution in [2.24, 2.45) is 9.52 Å². The van der Waals surface area contributed by atoms with Gasteiger partial charge in [-0.25, -0.2) is 0 Å². The highest BCUT2D eigenvalue weighted by molar-refractivity contribution is 7.86. The molecule has 10 heteroatoms. The van der Waals surface area contributed by atoms with E-state index in [-0.39, 0.29) is 5.75 Å². The lowest BCUT2D eigenvalue weighted by Gasteiger charge is -2.09. The Morgan fingerprint density at radius 1 is 1.25 bits per heavy atom. The summed E-state index contributed by atoms with van der Waals surface area (Å²) in [7, 11) is -6.23. The van der Waals surface area contributed by atoms with E-state index in [0.717, 1.165) is 16.3 Å². The molecule has 150 valence electrons. The summed E-state index contributed by atoms with van der Waals surface area (Å²) in [6, 6.07) is 8.55. The minimum absolute atomic E-state index is 0.118. The molecule has 0 amide bonds. The average molecular weight is 425 g/mol. The molecule has 2 aromatic rings. The van der Waals surface area contributed by atoms with Gasteiger partial charge in [0.25, 0.3) is 0 Å². The third-order valence-electron chi connectivity index (χ3n) is 4.38. The van der Waals surface area contributed by atoms with Crippen LogP contribution in [0.1, 0.15) is 44.4 Å². The molecule has 0 bridgehead atoms. The summed E-state index contributed by atoms with van der Waals surface area (Å²) >= 11 is 0. The van der Waals surface area contributed by atoms with E-state index in [4.69, 9.17) is 9.02 Å². The Bertz CT molecular complexity index is 1180. The van der Waals surface area contributed by atoms with Gasteiger partial charge in [-0.15, -0.1) is 0 Å².